The Kier molecular flexibility index (Phi) is 2.47. The van der Waals surface area contributed by atoms with Crippen molar-refractivity contribution in [3.63, 3.8) is 0 Å². The fraction of sp³-hybridized carbons (Fsp3) is 0.400. The van der Waals surface area contributed by atoms with Gasteiger partial charge in [0.05, 0.1) is 0 Å². The van der Waals surface area contributed by atoms with Crippen molar-refractivity contribution in [3.05, 3.63) is 29.8 Å². The second-order valence-electron chi connectivity index (χ2n) is 3.36. The van der Waals surface area contributed by atoms with Crippen LogP contribution in [0.5, 0.6) is 0 Å². The molecule has 0 radical (unpaired) electrons. The monoisotopic (exact) mass is 218 g/mol. The van der Waals surface area contributed by atoms with Crippen LogP contribution in [0.15, 0.2) is 29.2 Å². The average molecular weight is 218 g/mol. The first-order valence-electron chi connectivity index (χ1n) is 4.41. The zero-order valence-electron chi connectivity index (χ0n) is 7.34. The fourth-order valence-corrected chi connectivity index (χ4v) is 2.18. The van der Waals surface area contributed by atoms with Gasteiger partial charge in [-0.05, 0) is 42.2 Å². The lowest BCUT2D eigenvalue weighted by atomic mass is 10.1. The SMILES string of the molecule is FC(F)(F)Sc1ccccc1C1CC1. The predicted molar refractivity (Wildman–Crippen MR) is 50.3 cm³/mol. The molecule has 1 saturated carbocycles. The van der Waals surface area contributed by atoms with Crippen molar-refractivity contribution >= 4 is 11.8 Å². The van der Waals surface area contributed by atoms with Crippen LogP contribution in [0.2, 0.25) is 0 Å². The van der Waals surface area contributed by atoms with E-state index in [0.29, 0.717) is 10.8 Å². The molecule has 1 aromatic rings. The van der Waals surface area contributed by atoms with E-state index in [2.05, 4.69) is 0 Å². The summed E-state index contributed by atoms with van der Waals surface area (Å²) in [6.07, 6.45) is 2.05. The van der Waals surface area contributed by atoms with Crippen LogP contribution in [0.25, 0.3) is 0 Å². The van der Waals surface area contributed by atoms with E-state index in [0.717, 1.165) is 18.4 Å². The summed E-state index contributed by atoms with van der Waals surface area (Å²) in [5.74, 6) is 0.362. The van der Waals surface area contributed by atoms with Gasteiger partial charge in [0.1, 0.15) is 0 Å². The number of hydrogen-bond acceptors (Lipinski definition) is 1. The first-order chi connectivity index (χ1) is 6.56. The topological polar surface area (TPSA) is 0 Å². The third kappa shape index (κ3) is 2.44. The Hall–Kier alpha value is -0.640. The summed E-state index contributed by atoms with van der Waals surface area (Å²) in [5, 5.41) is 0. The molecule has 0 unspecified atom stereocenters. The molecular weight excluding hydrogens is 209 g/mol. The third-order valence-corrected chi connectivity index (χ3v) is 2.99. The van der Waals surface area contributed by atoms with Crippen molar-refractivity contribution in [2.45, 2.75) is 29.2 Å². The van der Waals surface area contributed by atoms with Crippen molar-refractivity contribution < 1.29 is 13.2 Å². The molecule has 0 aromatic heterocycles. The van der Waals surface area contributed by atoms with Gasteiger partial charge in [0, 0.05) is 4.90 Å². The van der Waals surface area contributed by atoms with E-state index in [4.69, 9.17) is 0 Å². The summed E-state index contributed by atoms with van der Waals surface area (Å²) in [6, 6.07) is 6.80. The Morgan fingerprint density at radius 2 is 1.79 bits per heavy atom. The summed E-state index contributed by atoms with van der Waals surface area (Å²) >= 11 is -0.00431. The minimum absolute atomic E-state index is 0.00431. The number of halogens is 3. The van der Waals surface area contributed by atoms with Gasteiger partial charge in [-0.3, -0.25) is 0 Å². The quantitative estimate of drug-likeness (QED) is 0.671. The summed E-state index contributed by atoms with van der Waals surface area (Å²) in [5.41, 5.74) is -3.32. The smallest absolute Gasteiger partial charge is 0.160 e. The molecule has 4 heteroatoms. The standard InChI is InChI=1S/C10H9F3S/c11-10(12,13)14-9-4-2-1-3-8(9)7-5-6-7/h1-4,7H,5-6H2. The van der Waals surface area contributed by atoms with Gasteiger partial charge in [-0.2, -0.15) is 13.2 Å². The highest BCUT2D eigenvalue weighted by Gasteiger charge is 2.33. The minimum Gasteiger partial charge on any atom is -0.160 e. The zero-order chi connectivity index (χ0) is 10.2. The Bertz CT molecular complexity index is 328. The van der Waals surface area contributed by atoms with Gasteiger partial charge in [-0.15, -0.1) is 0 Å². The minimum atomic E-state index is -4.18. The molecule has 2 rings (SSSR count). The van der Waals surface area contributed by atoms with Crippen LogP contribution in [0, 0.1) is 0 Å². The molecule has 1 fully saturated rings. The molecule has 1 aliphatic carbocycles. The van der Waals surface area contributed by atoms with Crippen LogP contribution >= 0.6 is 11.8 Å². The van der Waals surface area contributed by atoms with E-state index in [1.54, 1.807) is 24.3 Å². The van der Waals surface area contributed by atoms with Gasteiger partial charge in [-0.1, -0.05) is 18.2 Å². The van der Waals surface area contributed by atoms with Crippen molar-refractivity contribution in [1.82, 2.24) is 0 Å². The second-order valence-corrected chi connectivity index (χ2v) is 4.47. The van der Waals surface area contributed by atoms with Gasteiger partial charge < -0.3 is 0 Å². The molecule has 0 aliphatic heterocycles. The maximum Gasteiger partial charge on any atom is 0.446 e. The highest BCUT2D eigenvalue weighted by atomic mass is 32.2. The zero-order valence-corrected chi connectivity index (χ0v) is 8.16. The maximum atomic E-state index is 12.2. The van der Waals surface area contributed by atoms with E-state index in [1.807, 2.05) is 0 Å². The maximum absolute atomic E-state index is 12.2. The van der Waals surface area contributed by atoms with Crippen LogP contribution < -0.4 is 0 Å². The van der Waals surface area contributed by atoms with Gasteiger partial charge >= 0.3 is 5.51 Å². The molecule has 0 amide bonds. The van der Waals surface area contributed by atoms with Crippen molar-refractivity contribution in [1.29, 1.82) is 0 Å². The molecule has 1 aromatic carbocycles. The van der Waals surface area contributed by atoms with Gasteiger partial charge in [0.2, 0.25) is 0 Å². The van der Waals surface area contributed by atoms with E-state index in [-0.39, 0.29) is 11.8 Å². The van der Waals surface area contributed by atoms with Crippen LogP contribution in [0.1, 0.15) is 24.3 Å². The molecular formula is C10H9F3S. The van der Waals surface area contributed by atoms with Crippen LogP contribution in [0.4, 0.5) is 13.2 Å². The van der Waals surface area contributed by atoms with Crippen molar-refractivity contribution in [2.75, 3.05) is 0 Å². The largest absolute Gasteiger partial charge is 0.446 e. The molecule has 0 saturated heterocycles. The molecule has 0 heterocycles. The number of hydrogen-bond donors (Lipinski definition) is 0. The molecule has 0 atom stereocenters. The summed E-state index contributed by atoms with van der Waals surface area (Å²) in [7, 11) is 0. The van der Waals surface area contributed by atoms with E-state index in [9.17, 15) is 13.2 Å². The highest BCUT2D eigenvalue weighted by molar-refractivity contribution is 8.00. The lowest BCUT2D eigenvalue weighted by Gasteiger charge is -2.09. The average Bonchev–Trinajstić information content (AvgIpc) is 2.85. The molecule has 1 aliphatic rings. The molecule has 76 valence electrons. The van der Waals surface area contributed by atoms with Gasteiger partial charge in [-0.25, -0.2) is 0 Å². The molecule has 14 heavy (non-hydrogen) atoms. The first-order valence-corrected chi connectivity index (χ1v) is 5.22. The predicted octanol–water partition coefficient (Wildman–Crippen LogP) is 4.18. The van der Waals surface area contributed by atoms with Crippen LogP contribution in [0.3, 0.4) is 0 Å². The van der Waals surface area contributed by atoms with Gasteiger partial charge in [0.15, 0.2) is 0 Å². The molecule has 0 N–H and O–H groups in total. The summed E-state index contributed by atoms with van der Waals surface area (Å²) < 4.78 is 36.5. The van der Waals surface area contributed by atoms with Crippen LogP contribution in [-0.4, -0.2) is 5.51 Å². The normalized spacial score (nSPS) is 17.1. The molecule has 0 nitrogen and oxygen atoms in total. The molecule has 0 bridgehead atoms. The third-order valence-electron chi connectivity index (χ3n) is 2.16. The number of benzene rings is 1. The first kappa shape index (κ1) is 9.90. The van der Waals surface area contributed by atoms with E-state index < -0.39 is 5.51 Å². The fourth-order valence-electron chi connectivity index (χ4n) is 1.43. The Morgan fingerprint density at radius 3 is 2.36 bits per heavy atom. The number of rotatable bonds is 2. The number of thioether (sulfide) groups is 1. The summed E-state index contributed by atoms with van der Waals surface area (Å²) in [4.78, 5) is 0.363. The van der Waals surface area contributed by atoms with E-state index >= 15 is 0 Å². The lowest BCUT2D eigenvalue weighted by molar-refractivity contribution is -0.0328. The van der Waals surface area contributed by atoms with Crippen molar-refractivity contribution in [3.8, 4) is 0 Å². The van der Waals surface area contributed by atoms with Crippen molar-refractivity contribution in [2.24, 2.45) is 0 Å². The van der Waals surface area contributed by atoms with Crippen LogP contribution in [-0.2, 0) is 0 Å². The lowest BCUT2D eigenvalue weighted by Crippen LogP contribution is -2.00. The molecule has 0 spiro atoms. The summed E-state index contributed by atoms with van der Waals surface area (Å²) in [6.45, 7) is 0. The Balaban J connectivity index is 2.23. The second kappa shape index (κ2) is 3.50. The number of alkyl halides is 3. The van der Waals surface area contributed by atoms with Gasteiger partial charge in [0.25, 0.3) is 0 Å². The van der Waals surface area contributed by atoms with E-state index in [1.165, 1.54) is 0 Å². The Morgan fingerprint density at radius 1 is 1.14 bits per heavy atom. The Labute approximate surface area is 84.5 Å². The highest BCUT2D eigenvalue weighted by Crippen LogP contribution is 2.47.